The number of benzene rings is 1. The van der Waals surface area contributed by atoms with Crippen LogP contribution in [0.15, 0.2) is 49.1 Å². The summed E-state index contributed by atoms with van der Waals surface area (Å²) in [4.78, 5) is 42.9. The zero-order chi connectivity index (χ0) is 25.2. The molecule has 4 rings (SSSR count). The Kier molecular flexibility index (Phi) is 7.28. The summed E-state index contributed by atoms with van der Waals surface area (Å²) in [6, 6.07) is 6.01. The number of hydrogen-bond donors (Lipinski definition) is 2. The molecule has 3 aliphatic rings. The van der Waals surface area contributed by atoms with Gasteiger partial charge < -0.3 is 29.5 Å². The Labute approximate surface area is 204 Å². The van der Waals surface area contributed by atoms with Crippen LogP contribution in [0, 0.1) is 11.8 Å². The van der Waals surface area contributed by atoms with E-state index < -0.39 is 35.6 Å². The fraction of sp³-hybridized carbons (Fsp3) is 0.500. The molecule has 0 aliphatic carbocycles. The Bertz CT molecular complexity index is 1010. The number of ether oxygens (including phenoxy) is 2. The number of aliphatic carboxylic acids is 1. The molecule has 3 heterocycles. The molecule has 5 atom stereocenters. The fourth-order valence-electron chi connectivity index (χ4n) is 5.58. The number of rotatable bonds is 12. The molecule has 0 saturated carbocycles. The lowest BCUT2D eigenvalue weighted by atomic mass is 9.74. The number of unbranched alkanes of at least 4 members (excludes halogenated alkanes) is 3. The third kappa shape index (κ3) is 4.23. The van der Waals surface area contributed by atoms with E-state index in [2.05, 4.69) is 6.58 Å². The van der Waals surface area contributed by atoms with Gasteiger partial charge in [0, 0.05) is 25.4 Å². The number of carbonyl (C=O) groups excluding carboxylic acids is 2. The van der Waals surface area contributed by atoms with Crippen molar-refractivity contribution in [2.75, 3.05) is 31.7 Å². The molecule has 188 valence electrons. The van der Waals surface area contributed by atoms with Crippen LogP contribution >= 0.6 is 0 Å². The lowest BCUT2D eigenvalue weighted by molar-refractivity contribution is -0.148. The summed E-state index contributed by atoms with van der Waals surface area (Å²) in [5, 5.41) is 18.9. The van der Waals surface area contributed by atoms with Crippen molar-refractivity contribution in [1.29, 1.82) is 0 Å². The number of methoxy groups -OCH3 is 1. The second-order valence-corrected chi connectivity index (χ2v) is 9.14. The number of nitrogens with zero attached hydrogens (tertiary/aromatic N) is 2. The first kappa shape index (κ1) is 24.9. The summed E-state index contributed by atoms with van der Waals surface area (Å²) < 4.78 is 11.4. The van der Waals surface area contributed by atoms with Gasteiger partial charge in [-0.3, -0.25) is 14.4 Å². The standard InChI is InChI=1S/C26H32N2O7/c1-3-14-27(17-8-10-18(34-2)11-9-17)24(31)22-26-13-12-19(35-26)20(25(32)33)21(26)23(30)28(22)15-6-4-5-7-16-29/h3,8-13,19-22,29H,1,4-7,14-16H2,2H3,(H,32,33). The number of carbonyl (C=O) groups is 3. The monoisotopic (exact) mass is 484 g/mol. The number of likely N-dealkylation sites (tertiary alicyclic amines) is 1. The van der Waals surface area contributed by atoms with E-state index in [-0.39, 0.29) is 25.0 Å². The average molecular weight is 485 g/mol. The quantitative estimate of drug-likeness (QED) is 0.344. The summed E-state index contributed by atoms with van der Waals surface area (Å²) in [5.74, 6) is -3.16. The first-order chi connectivity index (χ1) is 16.9. The minimum Gasteiger partial charge on any atom is -0.497 e. The van der Waals surface area contributed by atoms with Crippen LogP contribution in [-0.2, 0) is 19.1 Å². The van der Waals surface area contributed by atoms with E-state index in [0.717, 1.165) is 12.8 Å². The normalized spacial score (nSPS) is 28.3. The van der Waals surface area contributed by atoms with Gasteiger partial charge >= 0.3 is 5.97 Å². The number of aliphatic hydroxyl groups excluding tert-OH is 1. The van der Waals surface area contributed by atoms with Crippen molar-refractivity contribution in [2.45, 2.75) is 43.4 Å². The Morgan fingerprint density at radius 2 is 1.94 bits per heavy atom. The molecule has 2 amide bonds. The third-order valence-electron chi connectivity index (χ3n) is 7.16. The van der Waals surface area contributed by atoms with Gasteiger partial charge in [0.15, 0.2) is 0 Å². The highest BCUT2D eigenvalue weighted by Crippen LogP contribution is 2.55. The van der Waals surface area contributed by atoms with E-state index in [1.807, 2.05) is 0 Å². The molecule has 35 heavy (non-hydrogen) atoms. The van der Waals surface area contributed by atoms with Crippen LogP contribution in [0.4, 0.5) is 5.69 Å². The minimum atomic E-state index is -1.32. The molecule has 1 spiro atoms. The molecule has 2 saturated heterocycles. The maximum Gasteiger partial charge on any atom is 0.310 e. The molecular formula is C26H32N2O7. The molecule has 9 nitrogen and oxygen atoms in total. The molecule has 0 radical (unpaired) electrons. The predicted octanol–water partition coefficient (Wildman–Crippen LogP) is 2.00. The molecule has 0 aromatic heterocycles. The van der Waals surface area contributed by atoms with Crippen LogP contribution in [-0.4, -0.2) is 77.4 Å². The van der Waals surface area contributed by atoms with E-state index in [9.17, 15) is 19.5 Å². The smallest absolute Gasteiger partial charge is 0.310 e. The van der Waals surface area contributed by atoms with E-state index in [0.29, 0.717) is 30.8 Å². The molecule has 2 bridgehead atoms. The SMILES string of the molecule is C=CCN(C(=O)C1N(CCCCCCO)C(=O)C2C(C(=O)O)C3C=CC21O3)c1ccc(OC)cc1. The van der Waals surface area contributed by atoms with Crippen molar-refractivity contribution in [1.82, 2.24) is 4.90 Å². The number of carboxylic acid groups (broad SMARTS) is 1. The number of anilines is 1. The zero-order valence-corrected chi connectivity index (χ0v) is 19.8. The number of aliphatic hydroxyl groups is 1. The Balaban J connectivity index is 1.69. The van der Waals surface area contributed by atoms with Crippen LogP contribution in [0.2, 0.25) is 0 Å². The second-order valence-electron chi connectivity index (χ2n) is 9.14. The van der Waals surface area contributed by atoms with Gasteiger partial charge in [-0.25, -0.2) is 0 Å². The molecule has 1 aromatic rings. The second kappa shape index (κ2) is 10.2. The highest BCUT2D eigenvalue weighted by Gasteiger charge is 2.73. The highest BCUT2D eigenvalue weighted by molar-refractivity contribution is 6.05. The number of carboxylic acids is 1. The van der Waals surface area contributed by atoms with Crippen molar-refractivity contribution in [3.63, 3.8) is 0 Å². The first-order valence-electron chi connectivity index (χ1n) is 12.0. The van der Waals surface area contributed by atoms with Crippen LogP contribution < -0.4 is 9.64 Å². The average Bonchev–Trinajstić information content (AvgIpc) is 3.49. The Morgan fingerprint density at radius 3 is 2.57 bits per heavy atom. The molecular weight excluding hydrogens is 452 g/mol. The van der Waals surface area contributed by atoms with E-state index in [1.165, 1.54) is 4.90 Å². The topological polar surface area (TPSA) is 117 Å². The lowest BCUT2D eigenvalue weighted by Gasteiger charge is -2.36. The number of hydrogen-bond acceptors (Lipinski definition) is 6. The Hall–Kier alpha value is -3.17. The van der Waals surface area contributed by atoms with Crippen LogP contribution in [0.25, 0.3) is 0 Å². The van der Waals surface area contributed by atoms with Crippen molar-refractivity contribution < 1.29 is 34.1 Å². The molecule has 9 heteroatoms. The van der Waals surface area contributed by atoms with Crippen LogP contribution in [0.1, 0.15) is 25.7 Å². The van der Waals surface area contributed by atoms with Crippen molar-refractivity contribution >= 4 is 23.5 Å². The van der Waals surface area contributed by atoms with Crippen LogP contribution in [0.3, 0.4) is 0 Å². The van der Waals surface area contributed by atoms with Crippen molar-refractivity contribution in [3.05, 3.63) is 49.1 Å². The summed E-state index contributed by atoms with van der Waals surface area (Å²) in [7, 11) is 1.56. The first-order valence-corrected chi connectivity index (χ1v) is 12.0. The number of fused-ring (bicyclic) bond motifs is 1. The zero-order valence-electron chi connectivity index (χ0n) is 19.8. The summed E-state index contributed by atoms with van der Waals surface area (Å²) >= 11 is 0. The Morgan fingerprint density at radius 1 is 1.23 bits per heavy atom. The van der Waals surface area contributed by atoms with E-state index >= 15 is 0 Å². The molecule has 5 unspecified atom stereocenters. The lowest BCUT2D eigenvalue weighted by Crippen LogP contribution is -2.56. The maximum atomic E-state index is 14.1. The van der Waals surface area contributed by atoms with Gasteiger partial charge in [-0.2, -0.15) is 0 Å². The van der Waals surface area contributed by atoms with E-state index in [4.69, 9.17) is 14.6 Å². The maximum absolute atomic E-state index is 14.1. The van der Waals surface area contributed by atoms with Gasteiger partial charge in [-0.1, -0.05) is 31.1 Å². The van der Waals surface area contributed by atoms with Crippen LogP contribution in [0.5, 0.6) is 5.75 Å². The number of amides is 2. The fourth-order valence-corrected chi connectivity index (χ4v) is 5.58. The molecule has 3 aliphatic heterocycles. The predicted molar refractivity (Wildman–Crippen MR) is 128 cm³/mol. The molecule has 2 N–H and O–H groups in total. The molecule has 1 aromatic carbocycles. The van der Waals surface area contributed by atoms with E-state index in [1.54, 1.807) is 54.5 Å². The van der Waals surface area contributed by atoms with Gasteiger partial charge in [0.25, 0.3) is 5.91 Å². The van der Waals surface area contributed by atoms with Crippen molar-refractivity contribution in [3.8, 4) is 5.75 Å². The van der Waals surface area contributed by atoms with Gasteiger partial charge in [0.05, 0.1) is 19.1 Å². The summed E-state index contributed by atoms with van der Waals surface area (Å²) in [5.41, 5.74) is -0.712. The summed E-state index contributed by atoms with van der Waals surface area (Å²) in [6.45, 7) is 4.40. The van der Waals surface area contributed by atoms with Gasteiger partial charge in [0.2, 0.25) is 5.91 Å². The van der Waals surface area contributed by atoms with Gasteiger partial charge in [-0.15, -0.1) is 6.58 Å². The third-order valence-corrected chi connectivity index (χ3v) is 7.16. The van der Waals surface area contributed by atoms with Gasteiger partial charge in [-0.05, 0) is 37.1 Å². The summed E-state index contributed by atoms with van der Waals surface area (Å²) in [6.07, 6.45) is 7.13. The largest absolute Gasteiger partial charge is 0.497 e. The van der Waals surface area contributed by atoms with Crippen molar-refractivity contribution in [2.24, 2.45) is 11.8 Å². The highest BCUT2D eigenvalue weighted by atomic mass is 16.5. The molecule has 2 fully saturated rings. The minimum absolute atomic E-state index is 0.105. The van der Waals surface area contributed by atoms with Gasteiger partial charge in [0.1, 0.15) is 23.3 Å².